The molecule has 0 N–H and O–H groups in total. The van der Waals surface area contributed by atoms with Crippen LogP contribution in [0.4, 0.5) is 0 Å². The van der Waals surface area contributed by atoms with E-state index in [1.54, 1.807) is 0 Å². The predicted octanol–water partition coefficient (Wildman–Crippen LogP) is 12.1. The first kappa shape index (κ1) is 22.3. The quantitative estimate of drug-likeness (QED) is 0.191. The van der Waals surface area contributed by atoms with Gasteiger partial charge in [0.2, 0.25) is 0 Å². The van der Waals surface area contributed by atoms with E-state index in [0.29, 0.717) is 0 Å². The Hall–Kier alpha value is -4.50. The van der Waals surface area contributed by atoms with Crippen LogP contribution in [0.2, 0.25) is 0 Å². The van der Waals surface area contributed by atoms with Crippen LogP contribution >= 0.6 is 22.7 Å². The standard InChI is InChI=1S/C38H22S2/c1-2-11-25-23(9-1)10-7-16-26(25)36-27-12-3-5-14-29(27)37(30-15-6-4-13-28(30)36)32-18-8-17-31-33-21-24-19-20-39-34(24)22-35(33)40-38(31)32/h1-22H. The van der Waals surface area contributed by atoms with E-state index < -0.39 is 0 Å². The lowest BCUT2D eigenvalue weighted by atomic mass is 9.84. The first-order valence-corrected chi connectivity index (χ1v) is 15.3. The highest BCUT2D eigenvalue weighted by Gasteiger charge is 2.20. The minimum absolute atomic E-state index is 1.27. The van der Waals surface area contributed by atoms with Crippen molar-refractivity contribution in [3.8, 4) is 22.3 Å². The van der Waals surface area contributed by atoms with E-state index >= 15 is 0 Å². The molecule has 0 atom stereocenters. The monoisotopic (exact) mass is 542 g/mol. The van der Waals surface area contributed by atoms with E-state index in [1.165, 1.54) is 84.8 Å². The van der Waals surface area contributed by atoms with Gasteiger partial charge in [-0.2, -0.15) is 0 Å². The summed E-state index contributed by atoms with van der Waals surface area (Å²) in [5, 5.41) is 14.0. The molecule has 0 aliphatic rings. The second-order valence-electron chi connectivity index (χ2n) is 10.5. The van der Waals surface area contributed by atoms with Gasteiger partial charge in [-0.1, -0.05) is 109 Å². The summed E-state index contributed by atoms with van der Waals surface area (Å²) in [6.45, 7) is 0. The predicted molar refractivity (Wildman–Crippen MR) is 178 cm³/mol. The number of hydrogen-bond donors (Lipinski definition) is 0. The average Bonchev–Trinajstić information content (AvgIpc) is 3.62. The molecule has 0 amide bonds. The number of thiophene rings is 2. The summed E-state index contributed by atoms with van der Waals surface area (Å²) in [5.74, 6) is 0. The Balaban J connectivity index is 1.44. The molecule has 0 spiro atoms. The number of rotatable bonds is 2. The minimum Gasteiger partial charge on any atom is -0.144 e. The van der Waals surface area contributed by atoms with Gasteiger partial charge in [-0.25, -0.2) is 0 Å². The van der Waals surface area contributed by atoms with Crippen molar-refractivity contribution in [3.05, 3.63) is 133 Å². The second-order valence-corrected chi connectivity index (χ2v) is 12.5. The van der Waals surface area contributed by atoms with E-state index in [4.69, 9.17) is 0 Å². The van der Waals surface area contributed by atoms with Gasteiger partial charge in [-0.05, 0) is 78.0 Å². The molecule has 0 bridgehead atoms. The number of hydrogen-bond acceptors (Lipinski definition) is 2. The summed E-state index contributed by atoms with van der Waals surface area (Å²) in [4.78, 5) is 0. The molecule has 0 unspecified atom stereocenters. The molecule has 2 heteroatoms. The summed E-state index contributed by atoms with van der Waals surface area (Å²) in [6, 6.07) is 47.3. The van der Waals surface area contributed by atoms with Gasteiger partial charge in [-0.15, -0.1) is 22.7 Å². The zero-order valence-electron chi connectivity index (χ0n) is 21.5. The topological polar surface area (TPSA) is 0 Å². The van der Waals surface area contributed by atoms with Crippen molar-refractivity contribution in [3.63, 3.8) is 0 Å². The Kier molecular flexibility index (Phi) is 4.74. The van der Waals surface area contributed by atoms with Crippen LogP contribution in [0.5, 0.6) is 0 Å². The van der Waals surface area contributed by atoms with Crippen molar-refractivity contribution in [1.29, 1.82) is 0 Å². The van der Waals surface area contributed by atoms with Crippen LogP contribution in [-0.2, 0) is 0 Å². The van der Waals surface area contributed by atoms with E-state index in [1.807, 2.05) is 22.7 Å². The molecular weight excluding hydrogens is 521 g/mol. The van der Waals surface area contributed by atoms with Gasteiger partial charge in [0.05, 0.1) is 0 Å². The molecule has 40 heavy (non-hydrogen) atoms. The highest BCUT2D eigenvalue weighted by Crippen LogP contribution is 2.49. The van der Waals surface area contributed by atoms with Crippen molar-refractivity contribution >= 4 is 85.2 Å². The maximum absolute atomic E-state index is 2.38. The third kappa shape index (κ3) is 3.12. The molecule has 0 aliphatic heterocycles. The molecule has 0 fully saturated rings. The van der Waals surface area contributed by atoms with Crippen LogP contribution in [-0.4, -0.2) is 0 Å². The molecule has 2 aromatic heterocycles. The molecule has 186 valence electrons. The number of benzene rings is 7. The van der Waals surface area contributed by atoms with Gasteiger partial charge in [-0.3, -0.25) is 0 Å². The maximum atomic E-state index is 2.38. The summed E-state index contributed by atoms with van der Waals surface area (Å²) in [5.41, 5.74) is 5.25. The first-order chi connectivity index (χ1) is 19.8. The lowest BCUT2D eigenvalue weighted by Crippen LogP contribution is -1.91. The van der Waals surface area contributed by atoms with Crippen molar-refractivity contribution in [2.75, 3.05) is 0 Å². The third-order valence-electron chi connectivity index (χ3n) is 8.33. The normalized spacial score (nSPS) is 12.0. The van der Waals surface area contributed by atoms with Crippen LogP contribution in [0.15, 0.2) is 133 Å². The van der Waals surface area contributed by atoms with E-state index in [0.717, 1.165) is 0 Å². The summed E-state index contributed by atoms with van der Waals surface area (Å²) < 4.78 is 4.08. The van der Waals surface area contributed by atoms with Gasteiger partial charge in [0, 0.05) is 30.4 Å². The van der Waals surface area contributed by atoms with Crippen molar-refractivity contribution in [2.24, 2.45) is 0 Å². The van der Waals surface area contributed by atoms with Crippen LogP contribution < -0.4 is 0 Å². The Bertz CT molecular complexity index is 2370. The van der Waals surface area contributed by atoms with Gasteiger partial charge >= 0.3 is 0 Å². The highest BCUT2D eigenvalue weighted by molar-refractivity contribution is 7.26. The van der Waals surface area contributed by atoms with E-state index in [-0.39, 0.29) is 0 Å². The molecule has 0 saturated heterocycles. The van der Waals surface area contributed by atoms with Gasteiger partial charge in [0.15, 0.2) is 0 Å². The van der Waals surface area contributed by atoms with Crippen molar-refractivity contribution < 1.29 is 0 Å². The van der Waals surface area contributed by atoms with Crippen molar-refractivity contribution in [2.45, 2.75) is 0 Å². The van der Waals surface area contributed by atoms with Gasteiger partial charge < -0.3 is 0 Å². The second kappa shape index (κ2) is 8.50. The molecule has 0 saturated carbocycles. The highest BCUT2D eigenvalue weighted by atomic mass is 32.1. The third-order valence-corrected chi connectivity index (χ3v) is 10.4. The smallest absolute Gasteiger partial charge is 0.0434 e. The summed E-state index contributed by atoms with van der Waals surface area (Å²) in [6.07, 6.45) is 0. The van der Waals surface area contributed by atoms with Crippen molar-refractivity contribution in [1.82, 2.24) is 0 Å². The van der Waals surface area contributed by atoms with Crippen LogP contribution in [0.3, 0.4) is 0 Å². The Morgan fingerprint density at radius 2 is 0.950 bits per heavy atom. The molecule has 0 aliphatic carbocycles. The Labute approximate surface area is 239 Å². The molecular formula is C38H22S2. The average molecular weight is 543 g/mol. The van der Waals surface area contributed by atoms with E-state index in [2.05, 4.69) is 133 Å². The Morgan fingerprint density at radius 1 is 0.375 bits per heavy atom. The lowest BCUT2D eigenvalue weighted by Gasteiger charge is -2.19. The van der Waals surface area contributed by atoms with Crippen LogP contribution in [0.25, 0.3) is 84.8 Å². The largest absolute Gasteiger partial charge is 0.144 e. The van der Waals surface area contributed by atoms with Gasteiger partial charge in [0.25, 0.3) is 0 Å². The molecule has 0 nitrogen and oxygen atoms in total. The number of fused-ring (bicyclic) bond motifs is 7. The molecule has 0 radical (unpaired) electrons. The zero-order chi connectivity index (χ0) is 26.2. The van der Waals surface area contributed by atoms with Crippen LogP contribution in [0.1, 0.15) is 0 Å². The fraction of sp³-hybridized carbons (Fsp3) is 0. The molecule has 7 aromatic carbocycles. The molecule has 9 aromatic rings. The first-order valence-electron chi connectivity index (χ1n) is 13.6. The summed E-state index contributed by atoms with van der Waals surface area (Å²) >= 11 is 3.75. The fourth-order valence-corrected chi connectivity index (χ4v) is 8.73. The van der Waals surface area contributed by atoms with Crippen LogP contribution in [0, 0.1) is 0 Å². The minimum atomic E-state index is 1.27. The zero-order valence-corrected chi connectivity index (χ0v) is 23.2. The van der Waals surface area contributed by atoms with Gasteiger partial charge in [0.1, 0.15) is 0 Å². The van der Waals surface area contributed by atoms with E-state index in [9.17, 15) is 0 Å². The summed E-state index contributed by atoms with van der Waals surface area (Å²) in [7, 11) is 0. The molecule has 9 rings (SSSR count). The fourth-order valence-electron chi connectivity index (χ4n) is 6.60. The lowest BCUT2D eigenvalue weighted by molar-refractivity contribution is 1.69. The Morgan fingerprint density at radius 3 is 1.70 bits per heavy atom. The molecule has 2 heterocycles. The maximum Gasteiger partial charge on any atom is 0.0434 e. The SMILES string of the molecule is c1ccc2c(-c3c4ccccc4c(-c4cccc5c4sc4cc6sccc6cc45)c4ccccc34)cccc2c1.